The molecule has 0 radical (unpaired) electrons. The van der Waals surface area contributed by atoms with Crippen molar-refractivity contribution in [2.75, 3.05) is 0 Å². The summed E-state index contributed by atoms with van der Waals surface area (Å²) in [4.78, 5) is 49.6. The lowest BCUT2D eigenvalue weighted by atomic mass is 9.81. The van der Waals surface area contributed by atoms with Crippen LogP contribution in [0.5, 0.6) is 0 Å². The van der Waals surface area contributed by atoms with E-state index >= 15 is 0 Å². The first-order chi connectivity index (χ1) is 9.45. The monoisotopic (exact) mass is 278 g/mol. The number of hydrogen-bond donors (Lipinski definition) is 1. The topological polar surface area (TPSA) is 83.6 Å². The van der Waals surface area contributed by atoms with Gasteiger partial charge in [0.2, 0.25) is 17.7 Å². The van der Waals surface area contributed by atoms with Crippen LogP contribution >= 0.6 is 0 Å². The molecule has 1 N–H and O–H groups in total. The molecule has 0 aromatic carbocycles. The van der Waals surface area contributed by atoms with Gasteiger partial charge in [0.25, 0.3) is 5.91 Å². The van der Waals surface area contributed by atoms with E-state index < -0.39 is 11.4 Å². The van der Waals surface area contributed by atoms with Gasteiger partial charge in [-0.05, 0) is 26.2 Å². The Labute approximate surface area is 116 Å². The van der Waals surface area contributed by atoms with Crippen molar-refractivity contribution < 1.29 is 19.2 Å². The fourth-order valence-corrected chi connectivity index (χ4v) is 3.66. The predicted molar refractivity (Wildman–Crippen MR) is 68.1 cm³/mol. The number of likely N-dealkylation sites (tertiary alicyclic amines) is 1. The molecule has 1 saturated carbocycles. The molecular weight excluding hydrogens is 260 g/mol. The quantitative estimate of drug-likeness (QED) is 0.702. The molecule has 108 valence electrons. The van der Waals surface area contributed by atoms with Crippen LogP contribution in [0, 0.1) is 11.8 Å². The number of nitrogens with one attached hydrogen (secondary N) is 1. The van der Waals surface area contributed by atoms with Gasteiger partial charge >= 0.3 is 0 Å². The molecule has 3 aliphatic rings. The summed E-state index contributed by atoms with van der Waals surface area (Å²) in [6.45, 7) is 1.59. The van der Waals surface area contributed by atoms with E-state index in [9.17, 15) is 19.2 Å². The van der Waals surface area contributed by atoms with Crippen molar-refractivity contribution in [3.63, 3.8) is 0 Å². The molecule has 2 heterocycles. The van der Waals surface area contributed by atoms with E-state index in [4.69, 9.17) is 0 Å². The van der Waals surface area contributed by atoms with Crippen LogP contribution in [0.1, 0.15) is 45.4 Å². The van der Waals surface area contributed by atoms with Crippen molar-refractivity contribution >= 4 is 23.6 Å². The highest BCUT2D eigenvalue weighted by Crippen LogP contribution is 2.42. The van der Waals surface area contributed by atoms with Crippen molar-refractivity contribution in [2.45, 2.75) is 51.0 Å². The zero-order chi connectivity index (χ0) is 14.5. The fraction of sp³-hybridized carbons (Fsp3) is 0.714. The second kappa shape index (κ2) is 4.40. The maximum absolute atomic E-state index is 12.5. The highest BCUT2D eigenvalue weighted by Gasteiger charge is 2.57. The number of carbonyl (C=O) groups is 4. The third kappa shape index (κ3) is 1.70. The zero-order valence-electron chi connectivity index (χ0n) is 11.5. The second-order valence-corrected chi connectivity index (χ2v) is 6.16. The van der Waals surface area contributed by atoms with Gasteiger partial charge in [-0.25, -0.2) is 0 Å². The number of nitrogens with zero attached hydrogens (tertiary/aromatic N) is 1. The predicted octanol–water partition coefficient (Wildman–Crippen LogP) is 0.357. The minimum absolute atomic E-state index is 0.161. The first-order valence-corrected chi connectivity index (χ1v) is 7.17. The van der Waals surface area contributed by atoms with Crippen LogP contribution < -0.4 is 5.32 Å². The highest BCUT2D eigenvalue weighted by atomic mass is 16.2. The molecule has 2 unspecified atom stereocenters. The molecule has 6 nitrogen and oxygen atoms in total. The van der Waals surface area contributed by atoms with Crippen LogP contribution in [0.3, 0.4) is 0 Å². The summed E-state index contributed by atoms with van der Waals surface area (Å²) in [5.74, 6) is -1.87. The van der Waals surface area contributed by atoms with Gasteiger partial charge < -0.3 is 0 Å². The van der Waals surface area contributed by atoms with Gasteiger partial charge in [-0.3, -0.25) is 29.4 Å². The first-order valence-electron chi connectivity index (χ1n) is 7.17. The molecule has 0 spiro atoms. The average molecular weight is 278 g/mol. The summed E-state index contributed by atoms with van der Waals surface area (Å²) in [5.41, 5.74) is -1.21. The van der Waals surface area contributed by atoms with Crippen molar-refractivity contribution in [3.8, 4) is 0 Å². The molecule has 2 saturated heterocycles. The standard InChI is InChI=1S/C14H18N2O4/c1-14(7-6-10(17)15-13(14)20)16-11(18)8-4-2-3-5-9(8)12(16)19/h8-9H,2-7H2,1H3,(H,15,17,20)/t8?,9?,14-/m0/s1. The molecule has 2 aliphatic heterocycles. The molecule has 3 rings (SSSR count). The third-order valence-electron chi connectivity index (χ3n) is 4.92. The molecule has 3 atom stereocenters. The Morgan fingerprint density at radius 3 is 2.10 bits per heavy atom. The highest BCUT2D eigenvalue weighted by molar-refractivity contribution is 6.12. The number of imide groups is 2. The number of amides is 4. The summed E-state index contributed by atoms with van der Waals surface area (Å²) in [5, 5.41) is 2.25. The normalized spacial score (nSPS) is 38.0. The van der Waals surface area contributed by atoms with Crippen molar-refractivity contribution in [3.05, 3.63) is 0 Å². The van der Waals surface area contributed by atoms with E-state index in [2.05, 4.69) is 5.32 Å². The lowest BCUT2D eigenvalue weighted by Gasteiger charge is -2.38. The van der Waals surface area contributed by atoms with Gasteiger partial charge in [-0.1, -0.05) is 12.8 Å². The minimum atomic E-state index is -1.21. The maximum Gasteiger partial charge on any atom is 0.252 e. The summed E-state index contributed by atoms with van der Waals surface area (Å²) >= 11 is 0. The van der Waals surface area contributed by atoms with E-state index in [0.29, 0.717) is 0 Å². The lowest BCUT2D eigenvalue weighted by Crippen LogP contribution is -2.63. The van der Waals surface area contributed by atoms with E-state index in [1.807, 2.05) is 0 Å². The van der Waals surface area contributed by atoms with Crippen LogP contribution in [-0.4, -0.2) is 34.1 Å². The van der Waals surface area contributed by atoms with Gasteiger partial charge in [-0.2, -0.15) is 0 Å². The Hall–Kier alpha value is -1.72. The first kappa shape index (κ1) is 13.3. The SMILES string of the molecule is C[C@]1(N2C(=O)C3CCCCC3C2=O)CCC(=O)NC1=O. The Kier molecular flexibility index (Phi) is 2.92. The Balaban J connectivity index is 1.93. The largest absolute Gasteiger partial charge is 0.294 e. The molecule has 4 amide bonds. The van der Waals surface area contributed by atoms with Crippen LogP contribution in [0.2, 0.25) is 0 Å². The lowest BCUT2D eigenvalue weighted by molar-refractivity contribution is -0.158. The molecule has 1 aliphatic carbocycles. The Bertz CT molecular complexity index is 491. The minimum Gasteiger partial charge on any atom is -0.294 e. The van der Waals surface area contributed by atoms with E-state index in [1.54, 1.807) is 6.92 Å². The summed E-state index contributed by atoms with van der Waals surface area (Å²) < 4.78 is 0. The van der Waals surface area contributed by atoms with Crippen LogP contribution in [0.4, 0.5) is 0 Å². The van der Waals surface area contributed by atoms with E-state index in [0.717, 1.165) is 30.6 Å². The van der Waals surface area contributed by atoms with Crippen LogP contribution in [-0.2, 0) is 19.2 Å². The third-order valence-corrected chi connectivity index (χ3v) is 4.92. The molecule has 20 heavy (non-hydrogen) atoms. The maximum atomic E-state index is 12.5. The summed E-state index contributed by atoms with van der Waals surface area (Å²) in [7, 11) is 0. The number of rotatable bonds is 1. The van der Waals surface area contributed by atoms with Gasteiger partial charge in [0, 0.05) is 6.42 Å². The summed E-state index contributed by atoms with van der Waals surface area (Å²) in [6.07, 6.45) is 3.73. The van der Waals surface area contributed by atoms with E-state index in [-0.39, 0.29) is 42.4 Å². The van der Waals surface area contributed by atoms with Gasteiger partial charge in [0.05, 0.1) is 11.8 Å². The average Bonchev–Trinajstić information content (AvgIpc) is 2.68. The molecule has 3 fully saturated rings. The molecule has 0 bridgehead atoms. The van der Waals surface area contributed by atoms with Crippen LogP contribution in [0.15, 0.2) is 0 Å². The van der Waals surface area contributed by atoms with Crippen molar-refractivity contribution in [1.29, 1.82) is 0 Å². The van der Waals surface area contributed by atoms with Crippen molar-refractivity contribution in [1.82, 2.24) is 10.2 Å². The molecule has 0 aromatic rings. The summed E-state index contributed by atoms with van der Waals surface area (Å²) in [6, 6.07) is 0. The van der Waals surface area contributed by atoms with Crippen molar-refractivity contribution in [2.24, 2.45) is 11.8 Å². The van der Waals surface area contributed by atoms with Gasteiger partial charge in [0.1, 0.15) is 5.54 Å². The molecule has 0 aromatic heterocycles. The number of hydrogen-bond acceptors (Lipinski definition) is 4. The number of piperidine rings is 1. The fourth-order valence-electron chi connectivity index (χ4n) is 3.66. The molecular formula is C14H18N2O4. The second-order valence-electron chi connectivity index (χ2n) is 6.16. The van der Waals surface area contributed by atoms with E-state index in [1.165, 1.54) is 0 Å². The number of carbonyl (C=O) groups excluding carboxylic acids is 4. The van der Waals surface area contributed by atoms with Gasteiger partial charge in [-0.15, -0.1) is 0 Å². The Morgan fingerprint density at radius 2 is 1.60 bits per heavy atom. The Morgan fingerprint density at radius 1 is 1.05 bits per heavy atom. The smallest absolute Gasteiger partial charge is 0.252 e. The van der Waals surface area contributed by atoms with Gasteiger partial charge in [0.15, 0.2) is 0 Å². The number of fused-ring (bicyclic) bond motifs is 1. The molecule has 6 heteroatoms. The zero-order valence-corrected chi connectivity index (χ0v) is 11.5. The van der Waals surface area contributed by atoms with Crippen LogP contribution in [0.25, 0.3) is 0 Å².